The molecule has 2 unspecified atom stereocenters. The molecule has 0 aromatic carbocycles. The Hall–Kier alpha value is -1.73. The molecule has 0 aliphatic heterocycles. The third-order valence-electron chi connectivity index (χ3n) is 2.14. The number of carbonyl (C=O) groups excluding carboxylic acids is 1. The topological polar surface area (TPSA) is 95.8 Å². The number of carbonyl (C=O) groups is 1. The highest BCUT2D eigenvalue weighted by atomic mass is 16.5. The molecule has 0 saturated heterocycles. The van der Waals surface area contributed by atoms with Crippen LogP contribution in [-0.4, -0.2) is 53.5 Å². The molecule has 0 spiro atoms. The third-order valence-corrected chi connectivity index (χ3v) is 2.14. The number of aromatic nitrogens is 2. The first kappa shape index (κ1) is 13.3. The molecule has 1 rings (SSSR count). The third kappa shape index (κ3) is 3.11. The van der Waals surface area contributed by atoms with E-state index in [4.69, 9.17) is 0 Å². The van der Waals surface area contributed by atoms with Crippen LogP contribution in [0.3, 0.4) is 0 Å². The molecule has 0 fully saturated rings. The number of aliphatic hydroxyl groups excluding tert-OH is 2. The predicted molar refractivity (Wildman–Crippen MR) is 59.3 cm³/mol. The Labute approximate surface area is 98.7 Å². The lowest BCUT2D eigenvalue weighted by Crippen LogP contribution is -2.29. The van der Waals surface area contributed by atoms with E-state index in [0.29, 0.717) is 5.95 Å². The van der Waals surface area contributed by atoms with Crippen LogP contribution in [0.25, 0.3) is 0 Å². The minimum absolute atomic E-state index is 0.244. The quantitative estimate of drug-likeness (QED) is 0.660. The molecule has 0 radical (unpaired) electrons. The van der Waals surface area contributed by atoms with Crippen molar-refractivity contribution in [3.05, 3.63) is 18.0 Å². The lowest BCUT2D eigenvalue weighted by atomic mass is 10.1. The first-order valence-corrected chi connectivity index (χ1v) is 4.90. The Morgan fingerprint density at radius 3 is 2.29 bits per heavy atom. The molecule has 1 aromatic rings. The smallest absolute Gasteiger partial charge is 0.337 e. The van der Waals surface area contributed by atoms with Gasteiger partial charge in [0, 0.05) is 32.1 Å². The van der Waals surface area contributed by atoms with Gasteiger partial charge in [0.05, 0.1) is 7.11 Å². The van der Waals surface area contributed by atoms with Gasteiger partial charge in [-0.05, 0) is 0 Å². The Morgan fingerprint density at radius 1 is 1.35 bits per heavy atom. The second-order valence-electron chi connectivity index (χ2n) is 3.62. The van der Waals surface area contributed by atoms with Crippen molar-refractivity contribution in [3.63, 3.8) is 0 Å². The molecule has 94 valence electrons. The van der Waals surface area contributed by atoms with Crippen molar-refractivity contribution in [1.29, 1.82) is 0 Å². The Morgan fingerprint density at radius 2 is 1.88 bits per heavy atom. The number of ether oxygens (including phenoxy) is 1. The van der Waals surface area contributed by atoms with E-state index in [0.717, 1.165) is 7.11 Å². The molecule has 1 heterocycles. The summed E-state index contributed by atoms with van der Waals surface area (Å²) in [5.41, 5.74) is 0.244. The molecule has 2 N–H and O–H groups in total. The molecule has 2 atom stereocenters. The maximum Gasteiger partial charge on any atom is 0.337 e. The molecule has 7 nitrogen and oxygen atoms in total. The van der Waals surface area contributed by atoms with Crippen molar-refractivity contribution in [2.24, 2.45) is 0 Å². The van der Waals surface area contributed by atoms with Gasteiger partial charge >= 0.3 is 5.97 Å². The summed E-state index contributed by atoms with van der Waals surface area (Å²) in [7, 11) is 4.67. The average molecular weight is 241 g/mol. The summed E-state index contributed by atoms with van der Waals surface area (Å²) in [4.78, 5) is 20.6. The van der Waals surface area contributed by atoms with Crippen LogP contribution < -0.4 is 4.90 Å². The summed E-state index contributed by atoms with van der Waals surface area (Å²) in [5, 5.41) is 19.1. The second kappa shape index (κ2) is 5.55. The molecule has 0 saturated carbocycles. The number of anilines is 1. The van der Waals surface area contributed by atoms with E-state index in [1.807, 2.05) is 0 Å². The molecule has 0 aliphatic rings. The fourth-order valence-electron chi connectivity index (χ4n) is 1.15. The normalized spacial score (nSPS) is 13.9. The zero-order chi connectivity index (χ0) is 13.0. The van der Waals surface area contributed by atoms with Crippen LogP contribution in [0.15, 0.2) is 12.4 Å². The van der Waals surface area contributed by atoms with Crippen LogP contribution in [0, 0.1) is 0 Å². The zero-order valence-corrected chi connectivity index (χ0v) is 9.86. The van der Waals surface area contributed by atoms with E-state index in [2.05, 4.69) is 14.7 Å². The van der Waals surface area contributed by atoms with Gasteiger partial charge in [0.15, 0.2) is 6.10 Å². The van der Waals surface area contributed by atoms with Crippen molar-refractivity contribution >= 4 is 11.9 Å². The molecular weight excluding hydrogens is 226 g/mol. The van der Waals surface area contributed by atoms with Gasteiger partial charge < -0.3 is 19.8 Å². The minimum Gasteiger partial charge on any atom is -0.467 e. The first-order chi connectivity index (χ1) is 7.97. The van der Waals surface area contributed by atoms with Gasteiger partial charge in [0.1, 0.15) is 6.10 Å². The highest BCUT2D eigenvalue weighted by molar-refractivity contribution is 5.75. The summed E-state index contributed by atoms with van der Waals surface area (Å²) < 4.78 is 4.32. The van der Waals surface area contributed by atoms with Crippen LogP contribution >= 0.6 is 0 Å². The molecule has 7 heteroatoms. The Balaban J connectivity index is 2.82. The number of methoxy groups -OCH3 is 1. The van der Waals surface area contributed by atoms with Crippen molar-refractivity contribution in [3.8, 4) is 0 Å². The van der Waals surface area contributed by atoms with Crippen LogP contribution in [0.1, 0.15) is 11.7 Å². The SMILES string of the molecule is COC(=O)C(O)C(O)c1cnc(N(C)C)nc1. The van der Waals surface area contributed by atoms with Crippen molar-refractivity contribution in [1.82, 2.24) is 9.97 Å². The van der Waals surface area contributed by atoms with E-state index >= 15 is 0 Å². The number of esters is 1. The number of nitrogens with zero attached hydrogens (tertiary/aromatic N) is 3. The van der Waals surface area contributed by atoms with Crippen LogP contribution in [0.4, 0.5) is 5.95 Å². The van der Waals surface area contributed by atoms with Crippen LogP contribution in [0.2, 0.25) is 0 Å². The molecule has 0 aliphatic carbocycles. The van der Waals surface area contributed by atoms with Crippen LogP contribution in [-0.2, 0) is 9.53 Å². The Bertz CT molecular complexity index is 380. The number of hydrogen-bond acceptors (Lipinski definition) is 7. The average Bonchev–Trinajstić information content (AvgIpc) is 2.36. The van der Waals surface area contributed by atoms with Crippen LogP contribution in [0.5, 0.6) is 0 Å². The van der Waals surface area contributed by atoms with Gasteiger partial charge in [-0.2, -0.15) is 0 Å². The van der Waals surface area contributed by atoms with Gasteiger partial charge in [-0.25, -0.2) is 14.8 Å². The Kier molecular flexibility index (Phi) is 4.36. The molecule has 0 amide bonds. The number of aliphatic hydroxyl groups is 2. The largest absolute Gasteiger partial charge is 0.467 e. The lowest BCUT2D eigenvalue weighted by Gasteiger charge is -2.16. The summed E-state index contributed by atoms with van der Waals surface area (Å²) in [6.45, 7) is 0. The van der Waals surface area contributed by atoms with E-state index in [-0.39, 0.29) is 5.56 Å². The monoisotopic (exact) mass is 241 g/mol. The predicted octanol–water partition coefficient (Wildman–Crippen LogP) is -0.890. The van der Waals surface area contributed by atoms with E-state index in [1.54, 1.807) is 19.0 Å². The summed E-state index contributed by atoms with van der Waals surface area (Å²) in [6, 6.07) is 0. The summed E-state index contributed by atoms with van der Waals surface area (Å²) >= 11 is 0. The fraction of sp³-hybridized carbons (Fsp3) is 0.500. The molecule has 0 bridgehead atoms. The first-order valence-electron chi connectivity index (χ1n) is 4.90. The summed E-state index contributed by atoms with van der Waals surface area (Å²) in [6.07, 6.45) is -0.356. The van der Waals surface area contributed by atoms with E-state index in [1.165, 1.54) is 12.4 Å². The van der Waals surface area contributed by atoms with E-state index in [9.17, 15) is 15.0 Å². The van der Waals surface area contributed by atoms with Gasteiger partial charge in [0.25, 0.3) is 0 Å². The number of rotatable bonds is 4. The minimum atomic E-state index is -1.64. The standard InChI is InChI=1S/C10H15N3O4/c1-13(2)10-11-4-6(5-12-10)7(14)8(15)9(16)17-3/h4-5,7-8,14-15H,1-3H3. The maximum atomic E-state index is 11.0. The highest BCUT2D eigenvalue weighted by Gasteiger charge is 2.27. The summed E-state index contributed by atoms with van der Waals surface area (Å²) in [5.74, 6) is -0.442. The highest BCUT2D eigenvalue weighted by Crippen LogP contribution is 2.17. The van der Waals surface area contributed by atoms with Crippen molar-refractivity contribution in [2.75, 3.05) is 26.1 Å². The molecule has 17 heavy (non-hydrogen) atoms. The van der Waals surface area contributed by atoms with Gasteiger partial charge in [-0.15, -0.1) is 0 Å². The van der Waals surface area contributed by atoms with Gasteiger partial charge in [-0.3, -0.25) is 0 Å². The van der Waals surface area contributed by atoms with Crippen molar-refractivity contribution in [2.45, 2.75) is 12.2 Å². The maximum absolute atomic E-state index is 11.0. The van der Waals surface area contributed by atoms with Crippen molar-refractivity contribution < 1.29 is 19.7 Å². The fourth-order valence-corrected chi connectivity index (χ4v) is 1.15. The van der Waals surface area contributed by atoms with Gasteiger partial charge in [0.2, 0.25) is 5.95 Å². The van der Waals surface area contributed by atoms with Gasteiger partial charge in [-0.1, -0.05) is 0 Å². The molecule has 1 aromatic heterocycles. The lowest BCUT2D eigenvalue weighted by molar-refractivity contribution is -0.156. The number of hydrogen-bond donors (Lipinski definition) is 2. The zero-order valence-electron chi connectivity index (χ0n) is 9.86. The second-order valence-corrected chi connectivity index (χ2v) is 3.62. The molecular formula is C10H15N3O4. The van der Waals surface area contributed by atoms with E-state index < -0.39 is 18.2 Å².